The van der Waals surface area contributed by atoms with Crippen LogP contribution < -0.4 is 0 Å². The van der Waals surface area contributed by atoms with Gasteiger partial charge in [0.15, 0.2) is 0 Å². The van der Waals surface area contributed by atoms with E-state index in [4.69, 9.17) is 4.74 Å². The molecule has 1 aliphatic rings. The summed E-state index contributed by atoms with van der Waals surface area (Å²) in [6, 6.07) is 5.69. The summed E-state index contributed by atoms with van der Waals surface area (Å²) in [5, 5.41) is 0. The van der Waals surface area contributed by atoms with Gasteiger partial charge in [-0.3, -0.25) is 4.79 Å². The van der Waals surface area contributed by atoms with Crippen LogP contribution in [0.2, 0.25) is 0 Å². The van der Waals surface area contributed by atoms with Gasteiger partial charge < -0.3 is 9.72 Å². The van der Waals surface area contributed by atoms with E-state index in [9.17, 15) is 4.79 Å². The Balaban J connectivity index is 2.01. The highest BCUT2D eigenvalue weighted by Gasteiger charge is 2.49. The zero-order chi connectivity index (χ0) is 13.3. The van der Waals surface area contributed by atoms with Crippen molar-refractivity contribution in [2.45, 2.75) is 24.7 Å². The molecule has 1 saturated carbocycles. The van der Waals surface area contributed by atoms with Crippen molar-refractivity contribution in [2.24, 2.45) is 0 Å². The number of aromatic amines is 1. The van der Waals surface area contributed by atoms with Gasteiger partial charge in [-0.15, -0.1) is 0 Å². The lowest BCUT2D eigenvalue weighted by atomic mass is 9.68. The van der Waals surface area contributed by atoms with E-state index in [0.29, 0.717) is 5.82 Å². The van der Waals surface area contributed by atoms with E-state index < -0.39 is 5.41 Å². The molecule has 2 heterocycles. The summed E-state index contributed by atoms with van der Waals surface area (Å²) in [4.78, 5) is 23.9. The second-order valence-corrected chi connectivity index (χ2v) is 4.78. The van der Waals surface area contributed by atoms with E-state index in [1.807, 2.05) is 24.4 Å². The Morgan fingerprint density at radius 1 is 1.42 bits per heavy atom. The van der Waals surface area contributed by atoms with Crippen molar-refractivity contribution >= 4 is 5.97 Å². The van der Waals surface area contributed by atoms with Gasteiger partial charge >= 0.3 is 5.97 Å². The molecule has 1 fully saturated rings. The van der Waals surface area contributed by atoms with E-state index in [-0.39, 0.29) is 5.97 Å². The molecule has 5 heteroatoms. The van der Waals surface area contributed by atoms with Crippen molar-refractivity contribution in [1.29, 1.82) is 0 Å². The van der Waals surface area contributed by atoms with Crippen LogP contribution in [-0.4, -0.2) is 28.0 Å². The quantitative estimate of drug-likeness (QED) is 0.855. The fourth-order valence-corrected chi connectivity index (χ4v) is 2.47. The first-order valence-corrected chi connectivity index (χ1v) is 6.32. The van der Waals surface area contributed by atoms with Crippen LogP contribution in [-0.2, 0) is 14.9 Å². The molecule has 0 spiro atoms. The van der Waals surface area contributed by atoms with Crippen LogP contribution in [0.4, 0.5) is 0 Å². The number of methoxy groups -OCH3 is 1. The van der Waals surface area contributed by atoms with Crippen molar-refractivity contribution in [3.63, 3.8) is 0 Å². The highest BCUT2D eigenvalue weighted by atomic mass is 16.5. The normalized spacial score (nSPS) is 16.7. The zero-order valence-electron chi connectivity index (χ0n) is 10.7. The van der Waals surface area contributed by atoms with Crippen LogP contribution in [0.3, 0.4) is 0 Å². The molecule has 1 N–H and O–H groups in total. The lowest BCUT2D eigenvalue weighted by Crippen LogP contribution is -2.44. The average Bonchev–Trinajstić information content (AvgIpc) is 2.91. The van der Waals surface area contributed by atoms with Crippen LogP contribution >= 0.6 is 0 Å². The van der Waals surface area contributed by atoms with Crippen LogP contribution in [0.1, 0.15) is 25.1 Å². The minimum absolute atomic E-state index is 0.234. The molecule has 0 amide bonds. The van der Waals surface area contributed by atoms with Gasteiger partial charge in [0.25, 0.3) is 0 Å². The summed E-state index contributed by atoms with van der Waals surface area (Å²) in [5.74, 6) is 0.333. The highest BCUT2D eigenvalue weighted by Crippen LogP contribution is 2.43. The number of nitrogens with one attached hydrogen (secondary N) is 1. The lowest BCUT2D eigenvalue weighted by molar-refractivity contribution is -0.151. The molecule has 2 aromatic rings. The third-order valence-electron chi connectivity index (χ3n) is 3.74. The molecular formula is C14H15N3O2. The molecule has 3 rings (SSSR count). The van der Waals surface area contributed by atoms with Crippen molar-refractivity contribution in [3.8, 4) is 11.4 Å². The summed E-state index contributed by atoms with van der Waals surface area (Å²) >= 11 is 0. The molecule has 98 valence electrons. The van der Waals surface area contributed by atoms with Crippen LogP contribution in [0.25, 0.3) is 11.4 Å². The Hall–Kier alpha value is -2.17. The van der Waals surface area contributed by atoms with Gasteiger partial charge in [-0.2, -0.15) is 0 Å². The van der Waals surface area contributed by atoms with Crippen LogP contribution in [0.15, 0.2) is 30.6 Å². The van der Waals surface area contributed by atoms with Crippen molar-refractivity contribution in [3.05, 3.63) is 36.4 Å². The number of carbonyl (C=O) groups is 1. The fraction of sp³-hybridized carbons (Fsp3) is 0.357. The molecule has 0 unspecified atom stereocenters. The standard InChI is InChI=1S/C14H15N3O2/c1-19-13(18)14(6-3-7-14)12-16-9-5-11(17-12)10-4-2-8-15-10/h2,4-5,8-9,15H,3,6-7H2,1H3. The van der Waals surface area contributed by atoms with Crippen LogP contribution in [0.5, 0.6) is 0 Å². The molecule has 0 radical (unpaired) electrons. The van der Waals surface area contributed by atoms with Gasteiger partial charge in [-0.1, -0.05) is 6.42 Å². The molecule has 0 saturated heterocycles. The Labute approximate surface area is 111 Å². The second-order valence-electron chi connectivity index (χ2n) is 4.78. The maximum absolute atomic E-state index is 12.0. The van der Waals surface area contributed by atoms with Crippen molar-refractivity contribution < 1.29 is 9.53 Å². The van der Waals surface area contributed by atoms with E-state index in [2.05, 4.69) is 15.0 Å². The number of nitrogens with zero attached hydrogens (tertiary/aromatic N) is 2. The molecule has 0 atom stereocenters. The molecule has 0 bridgehead atoms. The molecule has 5 nitrogen and oxygen atoms in total. The first-order valence-electron chi connectivity index (χ1n) is 6.32. The maximum atomic E-state index is 12.0. The molecular weight excluding hydrogens is 242 g/mol. The van der Waals surface area contributed by atoms with Gasteiger partial charge in [-0.05, 0) is 31.0 Å². The van der Waals surface area contributed by atoms with E-state index in [0.717, 1.165) is 30.7 Å². The van der Waals surface area contributed by atoms with Gasteiger partial charge in [0.1, 0.15) is 11.2 Å². The molecule has 0 aromatic carbocycles. The third-order valence-corrected chi connectivity index (χ3v) is 3.74. The monoisotopic (exact) mass is 257 g/mol. The zero-order valence-corrected chi connectivity index (χ0v) is 10.7. The number of ether oxygens (including phenoxy) is 1. The Kier molecular flexibility index (Phi) is 2.81. The number of aromatic nitrogens is 3. The van der Waals surface area contributed by atoms with Crippen molar-refractivity contribution in [1.82, 2.24) is 15.0 Å². The fourth-order valence-electron chi connectivity index (χ4n) is 2.47. The number of esters is 1. The minimum atomic E-state index is -0.642. The number of rotatable bonds is 3. The van der Waals surface area contributed by atoms with Gasteiger partial charge in [-0.25, -0.2) is 9.97 Å². The third kappa shape index (κ3) is 1.82. The van der Waals surface area contributed by atoms with Crippen molar-refractivity contribution in [2.75, 3.05) is 7.11 Å². The topological polar surface area (TPSA) is 67.9 Å². The van der Waals surface area contributed by atoms with E-state index >= 15 is 0 Å². The number of carbonyl (C=O) groups excluding carboxylic acids is 1. The Morgan fingerprint density at radius 3 is 2.84 bits per heavy atom. The summed E-state index contributed by atoms with van der Waals surface area (Å²) in [7, 11) is 1.41. The lowest BCUT2D eigenvalue weighted by Gasteiger charge is -2.37. The largest absolute Gasteiger partial charge is 0.468 e. The van der Waals surface area contributed by atoms with Gasteiger partial charge in [0, 0.05) is 12.4 Å². The summed E-state index contributed by atoms with van der Waals surface area (Å²) in [6.07, 6.45) is 6.06. The van der Waals surface area contributed by atoms with Crippen LogP contribution in [0, 0.1) is 0 Å². The predicted octanol–water partition coefficient (Wildman–Crippen LogP) is 2.07. The Morgan fingerprint density at radius 2 is 2.26 bits per heavy atom. The number of hydrogen-bond acceptors (Lipinski definition) is 4. The van der Waals surface area contributed by atoms with E-state index in [1.54, 1.807) is 6.20 Å². The molecule has 0 aliphatic heterocycles. The summed E-state index contributed by atoms with van der Waals surface area (Å²) in [6.45, 7) is 0. The maximum Gasteiger partial charge on any atom is 0.319 e. The van der Waals surface area contributed by atoms with Gasteiger partial charge in [0.05, 0.1) is 18.5 Å². The molecule has 2 aromatic heterocycles. The van der Waals surface area contributed by atoms with Gasteiger partial charge in [0.2, 0.25) is 0 Å². The van der Waals surface area contributed by atoms with E-state index in [1.165, 1.54) is 7.11 Å². The first kappa shape index (κ1) is 11.9. The average molecular weight is 257 g/mol. The number of hydrogen-bond donors (Lipinski definition) is 1. The number of H-pyrrole nitrogens is 1. The molecule has 1 aliphatic carbocycles. The predicted molar refractivity (Wildman–Crippen MR) is 69.4 cm³/mol. The second kappa shape index (κ2) is 4.50. The summed E-state index contributed by atoms with van der Waals surface area (Å²) < 4.78 is 4.92. The SMILES string of the molecule is COC(=O)C1(c2nccc(-c3ccc[nH]3)n2)CCC1. The first-order chi connectivity index (χ1) is 9.26. The highest BCUT2D eigenvalue weighted by molar-refractivity contribution is 5.83. The summed E-state index contributed by atoms with van der Waals surface area (Å²) in [5.41, 5.74) is 1.07. The molecule has 19 heavy (non-hydrogen) atoms. The Bertz CT molecular complexity index is 588. The smallest absolute Gasteiger partial charge is 0.319 e. The minimum Gasteiger partial charge on any atom is -0.468 e.